The maximum absolute atomic E-state index is 6.11. The average Bonchev–Trinajstić information content (AvgIpc) is 2.98. The van der Waals surface area contributed by atoms with Gasteiger partial charge in [-0.3, -0.25) is 0 Å². The van der Waals surface area contributed by atoms with Crippen LogP contribution in [0.25, 0.3) is 0 Å². The fraction of sp³-hybridized carbons (Fsp3) is 0.867. The molecule has 0 aromatic carbocycles. The molecule has 1 saturated carbocycles. The van der Waals surface area contributed by atoms with Gasteiger partial charge in [-0.25, -0.2) is 0 Å². The summed E-state index contributed by atoms with van der Waals surface area (Å²) in [5.74, 6) is 2.96. The molecule has 0 spiro atoms. The van der Waals surface area contributed by atoms with Crippen molar-refractivity contribution in [2.24, 2.45) is 11.7 Å². The van der Waals surface area contributed by atoms with Crippen molar-refractivity contribution in [1.82, 2.24) is 10.1 Å². The van der Waals surface area contributed by atoms with Gasteiger partial charge in [0, 0.05) is 6.61 Å². The van der Waals surface area contributed by atoms with Crippen LogP contribution in [0.5, 0.6) is 0 Å². The van der Waals surface area contributed by atoms with Crippen LogP contribution in [0, 0.1) is 5.92 Å². The van der Waals surface area contributed by atoms with Crippen LogP contribution >= 0.6 is 11.8 Å². The molecule has 6 heteroatoms. The third kappa shape index (κ3) is 3.99. The summed E-state index contributed by atoms with van der Waals surface area (Å²) >= 11 is 1.77. The zero-order chi connectivity index (χ0) is 15.3. The van der Waals surface area contributed by atoms with Crippen LogP contribution in [0.15, 0.2) is 4.52 Å². The first-order valence-electron chi connectivity index (χ1n) is 7.84. The zero-order valence-electron chi connectivity index (χ0n) is 13.3. The molecule has 1 aromatic heterocycles. The lowest BCUT2D eigenvalue weighted by Gasteiger charge is -2.36. The van der Waals surface area contributed by atoms with Crippen molar-refractivity contribution >= 4 is 11.8 Å². The largest absolute Gasteiger partial charge is 0.367 e. The molecule has 21 heavy (non-hydrogen) atoms. The number of ether oxygens (including phenoxy) is 1. The molecular formula is C15H27N3O2S. The maximum atomic E-state index is 6.11. The predicted molar refractivity (Wildman–Crippen MR) is 85.2 cm³/mol. The van der Waals surface area contributed by atoms with E-state index < -0.39 is 0 Å². The Hall–Kier alpha value is -0.590. The van der Waals surface area contributed by atoms with Crippen molar-refractivity contribution in [2.75, 3.05) is 18.6 Å². The third-order valence-corrected chi connectivity index (χ3v) is 4.95. The Labute approximate surface area is 131 Å². The van der Waals surface area contributed by atoms with Gasteiger partial charge >= 0.3 is 0 Å². The molecule has 5 nitrogen and oxygen atoms in total. The molecule has 1 aliphatic carbocycles. The van der Waals surface area contributed by atoms with E-state index in [0.717, 1.165) is 43.8 Å². The smallest absolute Gasteiger partial charge is 0.243 e. The highest BCUT2D eigenvalue weighted by molar-refractivity contribution is 7.98. The van der Waals surface area contributed by atoms with Gasteiger partial charge in [0.2, 0.25) is 11.7 Å². The van der Waals surface area contributed by atoms with E-state index in [4.69, 9.17) is 15.0 Å². The minimum absolute atomic E-state index is 0.181. The fourth-order valence-electron chi connectivity index (χ4n) is 2.88. The fourth-order valence-corrected chi connectivity index (χ4v) is 3.37. The Morgan fingerprint density at radius 2 is 2.19 bits per heavy atom. The van der Waals surface area contributed by atoms with Crippen molar-refractivity contribution < 1.29 is 9.26 Å². The molecule has 1 aromatic rings. The van der Waals surface area contributed by atoms with E-state index in [1.165, 1.54) is 0 Å². The average molecular weight is 313 g/mol. The molecule has 0 aliphatic heterocycles. The van der Waals surface area contributed by atoms with Gasteiger partial charge in [-0.2, -0.15) is 16.7 Å². The minimum Gasteiger partial charge on any atom is -0.367 e. The van der Waals surface area contributed by atoms with Gasteiger partial charge in [0.15, 0.2) is 0 Å². The van der Waals surface area contributed by atoms with Gasteiger partial charge < -0.3 is 15.0 Å². The second kappa shape index (κ2) is 7.61. The maximum Gasteiger partial charge on any atom is 0.243 e. The molecule has 0 saturated heterocycles. The quantitative estimate of drug-likeness (QED) is 0.833. The first-order valence-corrected chi connectivity index (χ1v) is 9.23. The summed E-state index contributed by atoms with van der Waals surface area (Å²) in [4.78, 5) is 4.57. The zero-order valence-corrected chi connectivity index (χ0v) is 14.1. The summed E-state index contributed by atoms with van der Waals surface area (Å²) in [5, 5.41) is 4.19. The molecule has 1 fully saturated rings. The number of aromatic nitrogens is 2. The van der Waals surface area contributed by atoms with Crippen molar-refractivity contribution in [2.45, 2.75) is 57.6 Å². The lowest BCUT2D eigenvalue weighted by Crippen LogP contribution is -2.35. The van der Waals surface area contributed by atoms with Gasteiger partial charge in [-0.15, -0.1) is 0 Å². The number of hydrogen-bond donors (Lipinski definition) is 1. The van der Waals surface area contributed by atoms with E-state index in [2.05, 4.69) is 23.3 Å². The number of hydrogen-bond acceptors (Lipinski definition) is 6. The summed E-state index contributed by atoms with van der Waals surface area (Å²) in [5.41, 5.74) is 5.74. The molecule has 0 bridgehead atoms. The van der Waals surface area contributed by atoms with Crippen LogP contribution in [-0.2, 0) is 10.3 Å². The lowest BCUT2D eigenvalue weighted by atomic mass is 9.79. The second-order valence-corrected chi connectivity index (χ2v) is 6.94. The molecule has 1 aliphatic rings. The van der Waals surface area contributed by atoms with E-state index in [1.807, 2.05) is 6.92 Å². The van der Waals surface area contributed by atoms with Crippen molar-refractivity contribution in [3.8, 4) is 0 Å². The summed E-state index contributed by atoms with van der Waals surface area (Å²) in [6.45, 7) is 4.97. The van der Waals surface area contributed by atoms with Crippen LogP contribution < -0.4 is 5.73 Å². The van der Waals surface area contributed by atoms with E-state index >= 15 is 0 Å². The standard InChI is InChI=1S/C15H27N3O2S/c1-4-19-15(8-5-11(2)6-9-15)14-17-13(20-18-14)12(16)7-10-21-3/h11-12H,4-10,16H2,1-3H3/t11?,12-,15?/m1/s1. The lowest BCUT2D eigenvalue weighted by molar-refractivity contribution is -0.0847. The first-order chi connectivity index (χ1) is 10.1. The van der Waals surface area contributed by atoms with Crippen LogP contribution in [0.2, 0.25) is 0 Å². The SMILES string of the molecule is CCOC1(c2noc([C@H](N)CCSC)n2)CCC(C)CC1. The van der Waals surface area contributed by atoms with E-state index in [0.29, 0.717) is 18.3 Å². The van der Waals surface area contributed by atoms with Gasteiger partial charge in [0.1, 0.15) is 5.60 Å². The van der Waals surface area contributed by atoms with Crippen LogP contribution in [-0.4, -0.2) is 28.8 Å². The van der Waals surface area contributed by atoms with Gasteiger partial charge in [-0.1, -0.05) is 12.1 Å². The molecule has 120 valence electrons. The number of nitrogens with two attached hydrogens (primary N) is 1. The second-order valence-electron chi connectivity index (χ2n) is 5.95. The van der Waals surface area contributed by atoms with E-state index in [9.17, 15) is 0 Å². The van der Waals surface area contributed by atoms with Crippen LogP contribution in [0.3, 0.4) is 0 Å². The van der Waals surface area contributed by atoms with Crippen LogP contribution in [0.1, 0.15) is 63.7 Å². The van der Waals surface area contributed by atoms with E-state index in [1.54, 1.807) is 11.8 Å². The highest BCUT2D eigenvalue weighted by Crippen LogP contribution is 2.41. The number of rotatable bonds is 7. The highest BCUT2D eigenvalue weighted by atomic mass is 32.2. The Morgan fingerprint density at radius 1 is 1.48 bits per heavy atom. The predicted octanol–water partition coefficient (Wildman–Crippen LogP) is 3.26. The number of nitrogens with zero attached hydrogens (tertiary/aromatic N) is 2. The molecule has 0 radical (unpaired) electrons. The van der Waals surface area contributed by atoms with Crippen molar-refractivity contribution in [3.05, 3.63) is 11.7 Å². The molecule has 1 heterocycles. The monoisotopic (exact) mass is 313 g/mol. The highest BCUT2D eigenvalue weighted by Gasteiger charge is 2.41. The molecule has 2 rings (SSSR count). The Balaban J connectivity index is 2.12. The normalized spacial score (nSPS) is 27.7. The summed E-state index contributed by atoms with van der Waals surface area (Å²) in [6.07, 6.45) is 7.12. The summed E-state index contributed by atoms with van der Waals surface area (Å²) < 4.78 is 11.4. The minimum atomic E-state index is -0.373. The number of thioether (sulfide) groups is 1. The van der Waals surface area contributed by atoms with E-state index in [-0.39, 0.29) is 11.6 Å². The molecule has 0 amide bonds. The van der Waals surface area contributed by atoms with Crippen molar-refractivity contribution in [3.63, 3.8) is 0 Å². The summed E-state index contributed by atoms with van der Waals surface area (Å²) in [7, 11) is 0. The molecule has 0 unspecified atom stereocenters. The Bertz CT molecular complexity index is 430. The van der Waals surface area contributed by atoms with Gasteiger partial charge in [0.05, 0.1) is 6.04 Å². The molecule has 2 N–H and O–H groups in total. The van der Waals surface area contributed by atoms with Crippen molar-refractivity contribution in [1.29, 1.82) is 0 Å². The van der Waals surface area contributed by atoms with Gasteiger partial charge in [-0.05, 0) is 57.0 Å². The Morgan fingerprint density at radius 3 is 2.81 bits per heavy atom. The third-order valence-electron chi connectivity index (χ3n) is 4.30. The van der Waals surface area contributed by atoms with Gasteiger partial charge in [0.25, 0.3) is 0 Å². The Kier molecular flexibility index (Phi) is 6.08. The molecular weight excluding hydrogens is 286 g/mol. The topological polar surface area (TPSA) is 74.2 Å². The first kappa shape index (κ1) is 16.8. The molecule has 1 atom stereocenters. The summed E-state index contributed by atoms with van der Waals surface area (Å²) in [6, 6.07) is -0.181. The van der Waals surface area contributed by atoms with Crippen LogP contribution in [0.4, 0.5) is 0 Å².